The first-order valence-corrected chi connectivity index (χ1v) is 17.6. The zero-order chi connectivity index (χ0) is 31.7. The van der Waals surface area contributed by atoms with Crippen LogP contribution in [0.4, 0.5) is 0 Å². The molecule has 0 saturated heterocycles. The fraction of sp³-hybridized carbons (Fsp3) is 0.576. The third kappa shape index (κ3) is 9.85. The number of nitrogens with one attached hydrogen (secondary N) is 1. The number of hydrogen-bond donors (Lipinski definition) is 3. The van der Waals surface area contributed by atoms with E-state index in [0.717, 1.165) is 24.0 Å². The average Bonchev–Trinajstić information content (AvgIpc) is 2.93. The average molecular weight is 602 g/mol. The van der Waals surface area contributed by atoms with E-state index in [1.807, 2.05) is 37.3 Å². The fourth-order valence-electron chi connectivity index (χ4n) is 4.64. The van der Waals surface area contributed by atoms with Crippen LogP contribution in [0.5, 0.6) is 11.5 Å². The second-order valence-electron chi connectivity index (χ2n) is 12.7. The monoisotopic (exact) mass is 601 g/mol. The Hall–Kier alpha value is -2.88. The Kier molecular flexibility index (Phi) is 13.1. The molecule has 0 radical (unpaired) electrons. The predicted molar refractivity (Wildman–Crippen MR) is 169 cm³/mol. The van der Waals surface area contributed by atoms with Crippen LogP contribution in [0.25, 0.3) is 0 Å². The number of benzene rings is 2. The summed E-state index contributed by atoms with van der Waals surface area (Å²) in [5.74, 6) is -1.19. The van der Waals surface area contributed by atoms with E-state index in [1.165, 1.54) is 12.5 Å². The van der Waals surface area contributed by atoms with Gasteiger partial charge in [0.25, 0.3) is 0 Å². The van der Waals surface area contributed by atoms with E-state index >= 15 is 0 Å². The van der Waals surface area contributed by atoms with Gasteiger partial charge in [-0.3, -0.25) is 9.59 Å². The summed E-state index contributed by atoms with van der Waals surface area (Å²) in [5.41, 5.74) is 3.00. The molecule has 2 unspecified atom stereocenters. The minimum absolute atomic E-state index is 0.0714. The van der Waals surface area contributed by atoms with Gasteiger partial charge in [0.05, 0.1) is 32.3 Å². The first-order chi connectivity index (χ1) is 19.6. The Morgan fingerprint density at radius 2 is 1.60 bits per heavy atom. The van der Waals surface area contributed by atoms with Gasteiger partial charge in [-0.2, -0.15) is 0 Å². The lowest BCUT2D eigenvalue weighted by Gasteiger charge is -2.42. The van der Waals surface area contributed by atoms with Gasteiger partial charge >= 0.3 is 5.97 Å². The molecule has 9 heteroatoms. The van der Waals surface area contributed by atoms with Crippen molar-refractivity contribution in [2.45, 2.75) is 90.6 Å². The summed E-state index contributed by atoms with van der Waals surface area (Å²) in [6.45, 7) is 14.2. The Balaban J connectivity index is 2.49. The van der Waals surface area contributed by atoms with Crippen molar-refractivity contribution in [3.8, 4) is 11.5 Å². The van der Waals surface area contributed by atoms with Crippen molar-refractivity contribution in [1.29, 1.82) is 0 Å². The van der Waals surface area contributed by atoms with Crippen LogP contribution in [0, 0.1) is 18.8 Å². The van der Waals surface area contributed by atoms with Crippen LogP contribution >= 0.6 is 0 Å². The van der Waals surface area contributed by atoms with Gasteiger partial charge in [0.2, 0.25) is 5.91 Å². The van der Waals surface area contributed by atoms with E-state index in [9.17, 15) is 19.8 Å². The largest absolute Gasteiger partial charge is 0.496 e. The Bertz CT molecular complexity index is 1140. The molecule has 0 aliphatic rings. The summed E-state index contributed by atoms with van der Waals surface area (Å²) < 4.78 is 18.5. The van der Waals surface area contributed by atoms with Gasteiger partial charge in [-0.25, -0.2) is 0 Å². The van der Waals surface area contributed by atoms with Gasteiger partial charge in [-0.1, -0.05) is 51.1 Å². The highest BCUT2D eigenvalue weighted by molar-refractivity contribution is 6.74. The summed E-state index contributed by atoms with van der Waals surface area (Å²) in [6.07, 6.45) is 0.973. The van der Waals surface area contributed by atoms with Crippen LogP contribution in [0.2, 0.25) is 18.1 Å². The summed E-state index contributed by atoms with van der Waals surface area (Å²) in [6, 6.07) is 14.2. The lowest BCUT2D eigenvalue weighted by Crippen LogP contribution is -2.44. The van der Waals surface area contributed by atoms with Crippen molar-refractivity contribution in [3.63, 3.8) is 0 Å². The molecule has 8 nitrogen and oxygen atoms in total. The molecule has 2 rings (SSSR count). The molecule has 3 N–H and O–H groups in total. The maximum absolute atomic E-state index is 13.3. The number of aliphatic carboxylic acids is 1. The lowest BCUT2D eigenvalue weighted by atomic mass is 9.87. The maximum Gasteiger partial charge on any atom is 0.308 e. The zero-order valence-electron chi connectivity index (χ0n) is 26.8. The molecular formula is C33H51NO7Si. The molecule has 0 bridgehead atoms. The smallest absolute Gasteiger partial charge is 0.308 e. The first-order valence-electron chi connectivity index (χ1n) is 14.7. The third-order valence-corrected chi connectivity index (χ3v) is 13.0. The number of aliphatic hydroxyl groups excluding tert-OH is 1. The number of aryl methyl sites for hydroxylation is 1. The third-order valence-electron chi connectivity index (χ3n) is 8.56. The summed E-state index contributed by atoms with van der Waals surface area (Å²) in [5, 5.41) is 22.2. The van der Waals surface area contributed by atoms with E-state index < -0.39 is 32.4 Å². The molecule has 1 amide bonds. The SMILES string of the molecule is COc1cc([C@@H](O[Si](C)(C)C(C)(C)C)[C@@H](CCCc2ccccc2)CC(=O)NCC(O)C(C)C(=O)O)cc(OC)c1C. The van der Waals surface area contributed by atoms with Gasteiger partial charge in [-0.05, 0) is 80.4 Å². The van der Waals surface area contributed by atoms with Crippen LogP contribution in [0.1, 0.15) is 69.8 Å². The van der Waals surface area contributed by atoms with Crippen molar-refractivity contribution in [2.75, 3.05) is 20.8 Å². The van der Waals surface area contributed by atoms with Gasteiger partial charge in [0, 0.05) is 18.5 Å². The van der Waals surface area contributed by atoms with E-state index in [0.29, 0.717) is 17.9 Å². The number of ether oxygens (including phenoxy) is 2. The molecule has 0 aliphatic carbocycles. The molecule has 42 heavy (non-hydrogen) atoms. The van der Waals surface area contributed by atoms with Gasteiger partial charge in [-0.15, -0.1) is 0 Å². The van der Waals surface area contributed by atoms with Crippen molar-refractivity contribution in [1.82, 2.24) is 5.32 Å². The summed E-state index contributed by atoms with van der Waals surface area (Å²) >= 11 is 0. The molecule has 0 aliphatic heterocycles. The minimum atomic E-state index is -2.32. The number of aliphatic hydroxyl groups is 1. The van der Waals surface area contributed by atoms with Crippen LogP contribution in [0.3, 0.4) is 0 Å². The highest BCUT2D eigenvalue weighted by Crippen LogP contribution is 2.45. The van der Waals surface area contributed by atoms with Crippen LogP contribution in [-0.4, -0.2) is 57.3 Å². The zero-order valence-corrected chi connectivity index (χ0v) is 27.8. The predicted octanol–water partition coefficient (Wildman–Crippen LogP) is 6.30. The topological polar surface area (TPSA) is 114 Å². The highest BCUT2D eigenvalue weighted by atomic mass is 28.4. The molecule has 4 atom stereocenters. The van der Waals surface area contributed by atoms with E-state index in [-0.39, 0.29) is 29.8 Å². The summed E-state index contributed by atoms with van der Waals surface area (Å²) in [7, 11) is 0.938. The lowest BCUT2D eigenvalue weighted by molar-refractivity contribution is -0.145. The van der Waals surface area contributed by atoms with E-state index in [2.05, 4.69) is 51.3 Å². The number of rotatable bonds is 16. The molecule has 0 saturated carbocycles. The molecule has 0 fully saturated rings. The molecular weight excluding hydrogens is 550 g/mol. The van der Waals surface area contributed by atoms with Gasteiger partial charge < -0.3 is 29.4 Å². The number of amides is 1. The number of carbonyl (C=O) groups is 2. The molecule has 234 valence electrons. The van der Waals surface area contributed by atoms with Gasteiger partial charge in [0.1, 0.15) is 11.5 Å². The number of methoxy groups -OCH3 is 2. The first kappa shape index (κ1) is 35.3. The van der Waals surface area contributed by atoms with Crippen LogP contribution in [0.15, 0.2) is 42.5 Å². The second-order valence-corrected chi connectivity index (χ2v) is 17.4. The molecule has 0 aromatic heterocycles. The number of carboxylic acid groups (broad SMARTS) is 1. The number of hydrogen-bond acceptors (Lipinski definition) is 6. The Labute approximate surface area is 252 Å². The fourth-order valence-corrected chi connectivity index (χ4v) is 5.96. The molecule has 2 aromatic rings. The minimum Gasteiger partial charge on any atom is -0.496 e. The second kappa shape index (κ2) is 15.5. The summed E-state index contributed by atoms with van der Waals surface area (Å²) in [4.78, 5) is 24.6. The van der Waals surface area contributed by atoms with E-state index in [4.69, 9.17) is 13.9 Å². The highest BCUT2D eigenvalue weighted by Gasteiger charge is 2.42. The molecule has 2 aromatic carbocycles. The normalized spacial score (nSPS) is 14.9. The standard InChI is InChI=1S/C33H51NO7Si/c1-22(32(37)38)27(35)21-34-30(36)20-25(17-13-16-24-14-11-10-12-15-24)31(41-42(8,9)33(3,4)5)26-18-28(39-6)23(2)29(19-26)40-7/h10-12,14-15,18-19,22,25,27,31,35H,13,16-17,20-21H2,1-9H3,(H,34,36)(H,37,38)/t22?,25-,27?,31-/m0/s1. The van der Waals surface area contributed by atoms with Gasteiger partial charge in [0.15, 0.2) is 8.32 Å². The van der Waals surface area contributed by atoms with Crippen molar-refractivity contribution < 1.29 is 33.7 Å². The molecule has 0 spiro atoms. The Morgan fingerprint density at radius 1 is 1.02 bits per heavy atom. The van der Waals surface area contributed by atoms with Crippen molar-refractivity contribution in [3.05, 3.63) is 59.2 Å². The van der Waals surface area contributed by atoms with Crippen molar-refractivity contribution in [2.24, 2.45) is 11.8 Å². The van der Waals surface area contributed by atoms with Crippen LogP contribution in [-0.2, 0) is 20.4 Å². The number of carbonyl (C=O) groups excluding carboxylic acids is 1. The number of carboxylic acids is 1. The van der Waals surface area contributed by atoms with Crippen molar-refractivity contribution >= 4 is 20.2 Å². The van der Waals surface area contributed by atoms with Crippen LogP contribution < -0.4 is 14.8 Å². The maximum atomic E-state index is 13.3. The molecule has 0 heterocycles. The quantitative estimate of drug-likeness (QED) is 0.193. The Morgan fingerprint density at radius 3 is 2.10 bits per heavy atom. The van der Waals surface area contributed by atoms with E-state index in [1.54, 1.807) is 14.2 Å².